The molecule has 0 N–H and O–H groups in total. The summed E-state index contributed by atoms with van der Waals surface area (Å²) in [5.41, 5.74) is 4.77. The van der Waals surface area contributed by atoms with Gasteiger partial charge in [-0.25, -0.2) is 9.67 Å². The molecule has 0 saturated carbocycles. The summed E-state index contributed by atoms with van der Waals surface area (Å²) in [4.78, 5) is 32.7. The molecule has 1 aliphatic rings. The maximum atomic E-state index is 13.3. The van der Waals surface area contributed by atoms with Gasteiger partial charge in [0.1, 0.15) is 6.54 Å². The van der Waals surface area contributed by atoms with Crippen LogP contribution in [-0.4, -0.2) is 31.8 Å². The SMILES string of the molecule is Cc1cc(C)n(-c2nc(C)c(C)c(=O)n2CC(=O)N2CCCc3ccccc32)n1. The molecule has 1 amide bonds. The number of hydrogen-bond donors (Lipinski definition) is 0. The van der Waals surface area contributed by atoms with Crippen molar-refractivity contribution in [1.29, 1.82) is 0 Å². The standard InChI is InChI=1S/C22H25N5O2/c1-14-12-15(2)27(24-14)22-23-17(4)16(3)21(29)26(22)13-20(28)25-11-7-9-18-8-5-6-10-19(18)25/h5-6,8,10,12H,7,9,11,13H2,1-4H3. The molecule has 0 atom stereocenters. The molecule has 7 heteroatoms. The van der Waals surface area contributed by atoms with Gasteiger partial charge in [-0.15, -0.1) is 0 Å². The monoisotopic (exact) mass is 391 g/mol. The number of aryl methyl sites for hydroxylation is 4. The van der Waals surface area contributed by atoms with E-state index in [1.165, 1.54) is 4.57 Å². The third-order valence-electron chi connectivity index (χ3n) is 5.52. The highest BCUT2D eigenvalue weighted by Crippen LogP contribution is 2.27. The Hall–Kier alpha value is -3.22. The van der Waals surface area contributed by atoms with Crippen molar-refractivity contribution in [3.05, 3.63) is 68.9 Å². The number of amides is 1. The van der Waals surface area contributed by atoms with E-state index in [1.54, 1.807) is 23.4 Å². The van der Waals surface area contributed by atoms with Gasteiger partial charge in [0.05, 0.1) is 5.69 Å². The molecule has 0 radical (unpaired) electrons. The van der Waals surface area contributed by atoms with Crippen molar-refractivity contribution in [3.8, 4) is 5.95 Å². The Morgan fingerprint density at radius 2 is 1.90 bits per heavy atom. The third kappa shape index (κ3) is 3.37. The molecule has 0 unspecified atom stereocenters. The van der Waals surface area contributed by atoms with Gasteiger partial charge < -0.3 is 4.90 Å². The number of fused-ring (bicyclic) bond motifs is 1. The van der Waals surface area contributed by atoms with Crippen molar-refractivity contribution in [3.63, 3.8) is 0 Å². The van der Waals surface area contributed by atoms with Crippen molar-refractivity contribution in [2.75, 3.05) is 11.4 Å². The van der Waals surface area contributed by atoms with E-state index < -0.39 is 0 Å². The molecule has 3 heterocycles. The van der Waals surface area contributed by atoms with Crippen LogP contribution in [0, 0.1) is 27.7 Å². The Kier molecular flexibility index (Phi) is 4.82. The van der Waals surface area contributed by atoms with Gasteiger partial charge in [0.15, 0.2) is 0 Å². The van der Waals surface area contributed by atoms with Crippen molar-refractivity contribution in [2.45, 2.75) is 47.1 Å². The predicted molar refractivity (Wildman–Crippen MR) is 112 cm³/mol. The number of aromatic nitrogens is 4. The summed E-state index contributed by atoms with van der Waals surface area (Å²) >= 11 is 0. The minimum Gasteiger partial charge on any atom is -0.311 e. The number of benzene rings is 1. The zero-order valence-corrected chi connectivity index (χ0v) is 17.3. The average Bonchev–Trinajstić information content (AvgIpc) is 3.05. The maximum absolute atomic E-state index is 13.3. The van der Waals surface area contributed by atoms with Gasteiger partial charge in [-0.05, 0) is 58.2 Å². The van der Waals surface area contributed by atoms with Crippen molar-refractivity contribution in [2.24, 2.45) is 0 Å². The summed E-state index contributed by atoms with van der Waals surface area (Å²) in [6.07, 6.45) is 1.87. The number of nitrogens with zero attached hydrogens (tertiary/aromatic N) is 5. The number of hydrogen-bond acceptors (Lipinski definition) is 4. The first-order chi connectivity index (χ1) is 13.9. The number of carbonyl (C=O) groups is 1. The van der Waals surface area contributed by atoms with Gasteiger partial charge in [0.2, 0.25) is 11.9 Å². The molecule has 2 aromatic heterocycles. The largest absolute Gasteiger partial charge is 0.311 e. The quantitative estimate of drug-likeness (QED) is 0.688. The summed E-state index contributed by atoms with van der Waals surface area (Å²) in [5.74, 6) is 0.259. The van der Waals surface area contributed by atoms with E-state index >= 15 is 0 Å². The Balaban J connectivity index is 1.78. The van der Waals surface area contributed by atoms with Crippen LogP contribution >= 0.6 is 0 Å². The third-order valence-corrected chi connectivity index (χ3v) is 5.52. The van der Waals surface area contributed by atoms with E-state index in [2.05, 4.69) is 16.1 Å². The Morgan fingerprint density at radius 3 is 2.62 bits per heavy atom. The first-order valence-corrected chi connectivity index (χ1v) is 9.86. The lowest BCUT2D eigenvalue weighted by atomic mass is 10.0. The lowest BCUT2D eigenvalue weighted by Gasteiger charge is -2.30. The molecular weight excluding hydrogens is 366 g/mol. The molecule has 7 nitrogen and oxygen atoms in total. The van der Waals surface area contributed by atoms with E-state index in [0.29, 0.717) is 23.8 Å². The summed E-state index contributed by atoms with van der Waals surface area (Å²) in [6.45, 7) is 7.93. The number of carbonyl (C=O) groups excluding carboxylic acids is 1. The smallest absolute Gasteiger partial charge is 0.258 e. The fourth-order valence-electron chi connectivity index (χ4n) is 3.89. The fraction of sp³-hybridized carbons (Fsp3) is 0.364. The van der Waals surface area contributed by atoms with E-state index in [4.69, 9.17) is 0 Å². The number of para-hydroxylation sites is 1. The van der Waals surface area contributed by atoms with Crippen LogP contribution in [0.1, 0.15) is 34.6 Å². The molecule has 3 aromatic rings. The molecule has 29 heavy (non-hydrogen) atoms. The topological polar surface area (TPSA) is 73.0 Å². The van der Waals surface area contributed by atoms with Crippen molar-refractivity contribution in [1.82, 2.24) is 19.3 Å². The van der Waals surface area contributed by atoms with Crippen LogP contribution in [0.2, 0.25) is 0 Å². The highest BCUT2D eigenvalue weighted by atomic mass is 16.2. The van der Waals surface area contributed by atoms with E-state index in [-0.39, 0.29) is 18.0 Å². The second kappa shape index (κ2) is 7.31. The molecule has 0 fully saturated rings. The molecular formula is C22H25N5O2. The lowest BCUT2D eigenvalue weighted by molar-refractivity contribution is -0.119. The highest BCUT2D eigenvalue weighted by molar-refractivity contribution is 5.94. The average molecular weight is 391 g/mol. The lowest BCUT2D eigenvalue weighted by Crippen LogP contribution is -2.41. The zero-order chi connectivity index (χ0) is 20.7. The summed E-state index contributed by atoms with van der Waals surface area (Å²) in [6, 6.07) is 9.88. The molecule has 1 aliphatic heterocycles. The molecule has 4 rings (SSSR count). The van der Waals surface area contributed by atoms with Gasteiger partial charge in [-0.3, -0.25) is 14.2 Å². The van der Waals surface area contributed by atoms with Gasteiger partial charge >= 0.3 is 0 Å². The van der Waals surface area contributed by atoms with Crippen LogP contribution in [0.3, 0.4) is 0 Å². The Bertz CT molecular complexity index is 1160. The van der Waals surface area contributed by atoms with Crippen molar-refractivity contribution >= 4 is 11.6 Å². The predicted octanol–water partition coefficient (Wildman–Crippen LogP) is 2.64. The number of anilines is 1. The Morgan fingerprint density at radius 1 is 1.14 bits per heavy atom. The molecule has 150 valence electrons. The molecule has 0 aliphatic carbocycles. The fourth-order valence-corrected chi connectivity index (χ4v) is 3.89. The minimum absolute atomic E-state index is 0.0744. The van der Waals surface area contributed by atoms with E-state index in [9.17, 15) is 9.59 Å². The van der Waals surface area contributed by atoms with Crippen LogP contribution < -0.4 is 10.5 Å². The summed E-state index contributed by atoms with van der Waals surface area (Å²) < 4.78 is 3.09. The Labute approximate surface area is 169 Å². The first-order valence-electron chi connectivity index (χ1n) is 9.86. The molecule has 0 bridgehead atoms. The maximum Gasteiger partial charge on any atom is 0.258 e. The second-order valence-corrected chi connectivity index (χ2v) is 7.63. The van der Waals surface area contributed by atoms with Gasteiger partial charge in [0.25, 0.3) is 5.56 Å². The number of rotatable bonds is 3. The zero-order valence-electron chi connectivity index (χ0n) is 17.3. The van der Waals surface area contributed by atoms with Crippen molar-refractivity contribution < 1.29 is 4.79 Å². The first kappa shape index (κ1) is 19.1. The van der Waals surface area contributed by atoms with Gasteiger partial charge in [-0.2, -0.15) is 5.10 Å². The summed E-state index contributed by atoms with van der Waals surface area (Å²) in [5, 5.41) is 4.48. The van der Waals surface area contributed by atoms with Crippen LogP contribution in [0.4, 0.5) is 5.69 Å². The summed E-state index contributed by atoms with van der Waals surface area (Å²) in [7, 11) is 0. The van der Waals surface area contributed by atoms with E-state index in [0.717, 1.165) is 35.5 Å². The normalized spacial score (nSPS) is 13.4. The minimum atomic E-state index is -0.210. The van der Waals surface area contributed by atoms with Crippen LogP contribution in [0.25, 0.3) is 5.95 Å². The molecule has 0 spiro atoms. The van der Waals surface area contributed by atoms with Crippen LogP contribution in [0.5, 0.6) is 0 Å². The molecule has 1 aromatic carbocycles. The highest BCUT2D eigenvalue weighted by Gasteiger charge is 2.25. The second-order valence-electron chi connectivity index (χ2n) is 7.63. The van der Waals surface area contributed by atoms with Crippen LogP contribution in [0.15, 0.2) is 35.1 Å². The van der Waals surface area contributed by atoms with Gasteiger partial charge in [0, 0.05) is 29.2 Å². The van der Waals surface area contributed by atoms with Crippen LogP contribution in [-0.2, 0) is 17.8 Å². The van der Waals surface area contributed by atoms with E-state index in [1.807, 2.05) is 38.1 Å². The molecule has 0 saturated heterocycles. The van der Waals surface area contributed by atoms with Gasteiger partial charge in [-0.1, -0.05) is 18.2 Å².